The van der Waals surface area contributed by atoms with E-state index in [0.29, 0.717) is 0 Å². The number of benzene rings is 1. The van der Waals surface area contributed by atoms with Gasteiger partial charge in [0.2, 0.25) is 0 Å². The Bertz CT molecular complexity index is 578. The average Bonchev–Trinajstić information content (AvgIpc) is 3.10. The minimum absolute atomic E-state index is 0.0163. The third-order valence-corrected chi connectivity index (χ3v) is 3.54. The molecule has 1 aliphatic carbocycles. The molecule has 0 saturated heterocycles. The third-order valence-electron chi connectivity index (χ3n) is 2.96. The lowest BCUT2D eigenvalue weighted by molar-refractivity contribution is -0.121. The van der Waals surface area contributed by atoms with E-state index >= 15 is 0 Å². The van der Waals surface area contributed by atoms with Gasteiger partial charge in [-0.25, -0.2) is 4.39 Å². The first-order valence-corrected chi connectivity index (χ1v) is 7.84. The summed E-state index contributed by atoms with van der Waals surface area (Å²) in [5, 5.41) is 0. The normalized spacial score (nSPS) is 17.2. The molecule has 0 amide bonds. The van der Waals surface area contributed by atoms with Gasteiger partial charge in [-0.3, -0.25) is 8.98 Å². The Morgan fingerprint density at radius 1 is 1.42 bits per heavy atom. The van der Waals surface area contributed by atoms with Crippen molar-refractivity contribution in [3.05, 3.63) is 35.6 Å². The van der Waals surface area contributed by atoms with Gasteiger partial charge in [0.05, 0.1) is 6.26 Å². The monoisotopic (exact) mass is 286 g/mol. The Balaban J connectivity index is 2.22. The summed E-state index contributed by atoms with van der Waals surface area (Å²) in [6.45, 7) is 0. The summed E-state index contributed by atoms with van der Waals surface area (Å²) < 4.78 is 41.0. The number of Topliss-reactive ketones (excluding diaryl/α,β-unsaturated/α-hetero) is 1. The summed E-state index contributed by atoms with van der Waals surface area (Å²) in [7, 11) is -3.76. The van der Waals surface area contributed by atoms with E-state index in [2.05, 4.69) is 0 Å². The van der Waals surface area contributed by atoms with Gasteiger partial charge in [0.1, 0.15) is 17.7 Å². The molecule has 0 radical (unpaired) electrons. The number of carbonyl (C=O) groups is 1. The molecular formula is C13H15FO4S. The second-order valence-electron chi connectivity index (χ2n) is 4.76. The van der Waals surface area contributed by atoms with Crippen LogP contribution in [0.2, 0.25) is 0 Å². The molecule has 2 rings (SSSR count). The van der Waals surface area contributed by atoms with Gasteiger partial charge < -0.3 is 0 Å². The van der Waals surface area contributed by atoms with Crippen molar-refractivity contribution in [2.24, 2.45) is 5.92 Å². The zero-order valence-electron chi connectivity index (χ0n) is 10.5. The lowest BCUT2D eigenvalue weighted by atomic mass is 10.0. The first-order valence-electron chi connectivity index (χ1n) is 6.02. The molecular weight excluding hydrogens is 271 g/mol. The number of halogens is 1. The highest BCUT2D eigenvalue weighted by Crippen LogP contribution is 2.35. The Morgan fingerprint density at radius 2 is 2.05 bits per heavy atom. The fourth-order valence-corrected chi connectivity index (χ4v) is 2.49. The SMILES string of the molecule is CS(=O)(=O)OC(CC(=O)C1CC1)c1ccccc1F. The number of hydrogen-bond donors (Lipinski definition) is 0. The van der Waals surface area contributed by atoms with Crippen molar-refractivity contribution in [3.63, 3.8) is 0 Å². The van der Waals surface area contributed by atoms with Gasteiger partial charge in [-0.2, -0.15) is 8.42 Å². The van der Waals surface area contributed by atoms with Crippen LogP contribution in [0.4, 0.5) is 4.39 Å². The number of rotatable bonds is 6. The number of ketones is 1. The van der Waals surface area contributed by atoms with Gasteiger partial charge in [0.15, 0.2) is 0 Å². The molecule has 4 nitrogen and oxygen atoms in total. The van der Waals surface area contributed by atoms with Crippen LogP contribution in [0.15, 0.2) is 24.3 Å². The van der Waals surface area contributed by atoms with Crippen LogP contribution in [0.25, 0.3) is 0 Å². The van der Waals surface area contributed by atoms with Gasteiger partial charge >= 0.3 is 0 Å². The molecule has 0 N–H and O–H groups in total. The van der Waals surface area contributed by atoms with Gasteiger partial charge in [-0.1, -0.05) is 18.2 Å². The van der Waals surface area contributed by atoms with Gasteiger partial charge in [-0.15, -0.1) is 0 Å². The van der Waals surface area contributed by atoms with Gasteiger partial charge in [0, 0.05) is 17.9 Å². The zero-order valence-corrected chi connectivity index (χ0v) is 11.3. The number of carbonyl (C=O) groups excluding carboxylic acids is 1. The molecule has 19 heavy (non-hydrogen) atoms. The fraction of sp³-hybridized carbons (Fsp3) is 0.462. The van der Waals surface area contributed by atoms with E-state index in [1.54, 1.807) is 6.07 Å². The van der Waals surface area contributed by atoms with Crippen LogP contribution in [0.5, 0.6) is 0 Å². The lowest BCUT2D eigenvalue weighted by Crippen LogP contribution is -2.16. The van der Waals surface area contributed by atoms with E-state index in [9.17, 15) is 17.6 Å². The Morgan fingerprint density at radius 3 is 2.58 bits per heavy atom. The lowest BCUT2D eigenvalue weighted by Gasteiger charge is -2.16. The van der Waals surface area contributed by atoms with Crippen molar-refractivity contribution in [1.82, 2.24) is 0 Å². The Kier molecular flexibility index (Phi) is 4.01. The van der Waals surface area contributed by atoms with Crippen LogP contribution in [0.3, 0.4) is 0 Å². The molecule has 104 valence electrons. The zero-order chi connectivity index (χ0) is 14.0. The van der Waals surface area contributed by atoms with Gasteiger partial charge in [-0.05, 0) is 18.9 Å². The van der Waals surface area contributed by atoms with Crippen molar-refractivity contribution >= 4 is 15.9 Å². The van der Waals surface area contributed by atoms with Crippen LogP contribution in [-0.2, 0) is 19.1 Å². The van der Waals surface area contributed by atoms with Crippen LogP contribution in [0.1, 0.15) is 30.9 Å². The maximum Gasteiger partial charge on any atom is 0.264 e. The first kappa shape index (κ1) is 14.1. The highest BCUT2D eigenvalue weighted by molar-refractivity contribution is 7.86. The second-order valence-corrected chi connectivity index (χ2v) is 6.36. The van der Waals surface area contributed by atoms with Crippen molar-refractivity contribution < 1.29 is 21.8 Å². The molecule has 1 saturated carbocycles. The van der Waals surface area contributed by atoms with Gasteiger partial charge in [0.25, 0.3) is 10.1 Å². The predicted molar refractivity (Wildman–Crippen MR) is 67.4 cm³/mol. The molecule has 0 spiro atoms. The molecule has 0 bridgehead atoms. The molecule has 6 heteroatoms. The minimum atomic E-state index is -3.76. The van der Waals surface area contributed by atoms with Crippen molar-refractivity contribution in [2.45, 2.75) is 25.4 Å². The summed E-state index contributed by atoms with van der Waals surface area (Å²) >= 11 is 0. The van der Waals surface area contributed by atoms with Crippen LogP contribution in [-0.4, -0.2) is 20.5 Å². The first-order chi connectivity index (χ1) is 8.87. The second kappa shape index (κ2) is 5.38. The fourth-order valence-electron chi connectivity index (χ4n) is 1.90. The molecule has 0 aliphatic heterocycles. The van der Waals surface area contributed by atoms with E-state index in [1.807, 2.05) is 0 Å². The summed E-state index contributed by atoms with van der Waals surface area (Å²) in [5.41, 5.74) is 0.0990. The van der Waals surface area contributed by atoms with E-state index < -0.39 is 22.0 Å². The minimum Gasteiger partial charge on any atom is -0.299 e. The third kappa shape index (κ3) is 4.11. The van der Waals surface area contributed by atoms with Crippen LogP contribution < -0.4 is 0 Å². The summed E-state index contributed by atoms with van der Waals surface area (Å²) in [5.74, 6) is -0.658. The maximum absolute atomic E-state index is 13.7. The summed E-state index contributed by atoms with van der Waals surface area (Å²) in [4.78, 5) is 11.8. The Labute approximate surface area is 111 Å². The van der Waals surface area contributed by atoms with Crippen molar-refractivity contribution in [1.29, 1.82) is 0 Å². The van der Waals surface area contributed by atoms with E-state index in [4.69, 9.17) is 4.18 Å². The highest BCUT2D eigenvalue weighted by Gasteiger charge is 2.33. The van der Waals surface area contributed by atoms with Crippen LogP contribution in [0, 0.1) is 11.7 Å². The van der Waals surface area contributed by atoms with E-state index in [0.717, 1.165) is 19.1 Å². The Hall–Kier alpha value is -1.27. The topological polar surface area (TPSA) is 60.4 Å². The largest absolute Gasteiger partial charge is 0.299 e. The maximum atomic E-state index is 13.7. The number of hydrogen-bond acceptors (Lipinski definition) is 4. The molecule has 1 fully saturated rings. The molecule has 1 aliphatic rings. The molecule has 1 aromatic rings. The molecule has 0 heterocycles. The van der Waals surface area contributed by atoms with Crippen molar-refractivity contribution in [3.8, 4) is 0 Å². The average molecular weight is 286 g/mol. The highest BCUT2D eigenvalue weighted by atomic mass is 32.2. The molecule has 0 aromatic heterocycles. The van der Waals surface area contributed by atoms with E-state index in [1.165, 1.54) is 18.2 Å². The van der Waals surface area contributed by atoms with E-state index in [-0.39, 0.29) is 23.7 Å². The standard InChI is InChI=1S/C13H15FO4S/c1-19(16,17)18-13(8-12(15)9-6-7-9)10-4-2-3-5-11(10)14/h2-5,9,13H,6-8H2,1H3. The smallest absolute Gasteiger partial charge is 0.264 e. The molecule has 1 atom stereocenters. The van der Waals surface area contributed by atoms with Crippen molar-refractivity contribution in [2.75, 3.05) is 6.26 Å². The molecule has 1 aromatic carbocycles. The summed E-state index contributed by atoms with van der Waals surface area (Å²) in [6, 6.07) is 5.73. The van der Waals surface area contributed by atoms with Crippen LogP contribution >= 0.6 is 0 Å². The quantitative estimate of drug-likeness (QED) is 0.752. The summed E-state index contributed by atoms with van der Waals surface area (Å²) in [6.07, 6.45) is 1.34. The molecule has 1 unspecified atom stereocenters. The predicted octanol–water partition coefficient (Wildman–Crippen LogP) is 2.21.